The molecule has 1 aliphatic carbocycles. The van der Waals surface area contributed by atoms with Crippen LogP contribution in [0, 0.1) is 5.92 Å². The molecule has 1 saturated heterocycles. The molecule has 1 saturated carbocycles. The molecule has 0 aromatic heterocycles. The van der Waals surface area contributed by atoms with E-state index in [1.54, 1.807) is 0 Å². The van der Waals surface area contributed by atoms with E-state index in [4.69, 9.17) is 4.74 Å². The Labute approximate surface area is 147 Å². The first kappa shape index (κ1) is 15.6. The highest BCUT2D eigenvalue weighted by atomic mass is 32.2. The summed E-state index contributed by atoms with van der Waals surface area (Å²) >= 11 is 1.85. The van der Waals surface area contributed by atoms with E-state index in [1.165, 1.54) is 6.42 Å². The van der Waals surface area contributed by atoms with Gasteiger partial charge in [0.1, 0.15) is 16.9 Å². The molecule has 1 aliphatic heterocycles. The largest absolute Gasteiger partial charge is 0.457 e. The number of amides is 1. The van der Waals surface area contributed by atoms with Crippen molar-refractivity contribution in [1.82, 2.24) is 4.90 Å². The van der Waals surface area contributed by atoms with Crippen LogP contribution in [0.25, 0.3) is 0 Å². The Bertz CT molecular complexity index is 715. The van der Waals surface area contributed by atoms with Crippen molar-refractivity contribution in [1.29, 1.82) is 0 Å². The molecule has 2 fully saturated rings. The standard InChI is InChI=1S/C20H21NO2S/c22-19(15-6-4-7-15)21-12-13-24-20(21)16-8-5-11-18(14-16)23-17-9-2-1-3-10-17/h1-3,5,8-11,14-15,20H,4,6-7,12-13H2. The highest BCUT2D eigenvalue weighted by molar-refractivity contribution is 7.99. The van der Waals surface area contributed by atoms with Crippen molar-refractivity contribution in [2.24, 2.45) is 5.92 Å². The Morgan fingerprint density at radius 1 is 1.04 bits per heavy atom. The number of hydrogen-bond donors (Lipinski definition) is 0. The molecular formula is C20H21NO2S. The second-order valence-electron chi connectivity index (χ2n) is 6.37. The predicted molar refractivity (Wildman–Crippen MR) is 97.2 cm³/mol. The molecule has 2 aromatic rings. The van der Waals surface area contributed by atoms with Crippen molar-refractivity contribution < 1.29 is 9.53 Å². The van der Waals surface area contributed by atoms with Gasteiger partial charge in [0.2, 0.25) is 5.91 Å². The van der Waals surface area contributed by atoms with E-state index in [1.807, 2.05) is 54.2 Å². The molecule has 1 unspecified atom stereocenters. The van der Waals surface area contributed by atoms with Crippen LogP contribution < -0.4 is 4.74 Å². The number of carbonyl (C=O) groups excluding carboxylic acids is 1. The number of ether oxygens (including phenoxy) is 1. The lowest BCUT2D eigenvalue weighted by atomic mass is 9.84. The molecule has 2 aliphatic rings. The number of hydrogen-bond acceptors (Lipinski definition) is 3. The number of nitrogens with zero attached hydrogens (tertiary/aromatic N) is 1. The zero-order chi connectivity index (χ0) is 16.4. The summed E-state index contributed by atoms with van der Waals surface area (Å²) < 4.78 is 5.94. The average Bonchev–Trinajstić information content (AvgIpc) is 3.04. The van der Waals surface area contributed by atoms with Gasteiger partial charge in [0.05, 0.1) is 0 Å². The molecule has 1 heterocycles. The number of para-hydroxylation sites is 1. The summed E-state index contributed by atoms with van der Waals surface area (Å²) in [6.45, 7) is 0.856. The SMILES string of the molecule is O=C(C1CCC1)N1CCSC1c1cccc(Oc2ccccc2)c1. The molecule has 0 bridgehead atoms. The minimum atomic E-state index is 0.123. The Morgan fingerprint density at radius 3 is 2.58 bits per heavy atom. The van der Waals surface area contributed by atoms with Gasteiger partial charge in [-0.2, -0.15) is 0 Å². The highest BCUT2D eigenvalue weighted by Gasteiger charge is 2.36. The monoisotopic (exact) mass is 339 g/mol. The first-order valence-corrected chi connectivity index (χ1v) is 9.61. The van der Waals surface area contributed by atoms with Crippen LogP contribution in [0.4, 0.5) is 0 Å². The van der Waals surface area contributed by atoms with Gasteiger partial charge in [-0.25, -0.2) is 0 Å². The van der Waals surface area contributed by atoms with Gasteiger partial charge < -0.3 is 9.64 Å². The molecule has 0 N–H and O–H groups in total. The Balaban J connectivity index is 1.52. The van der Waals surface area contributed by atoms with Gasteiger partial charge >= 0.3 is 0 Å². The third-order valence-corrected chi connectivity index (χ3v) is 6.01. The van der Waals surface area contributed by atoms with Crippen LogP contribution in [-0.2, 0) is 4.79 Å². The highest BCUT2D eigenvalue weighted by Crippen LogP contribution is 2.42. The maximum Gasteiger partial charge on any atom is 0.226 e. The van der Waals surface area contributed by atoms with Gasteiger partial charge in [0.25, 0.3) is 0 Å². The van der Waals surface area contributed by atoms with E-state index in [0.29, 0.717) is 5.91 Å². The molecule has 24 heavy (non-hydrogen) atoms. The first-order chi connectivity index (χ1) is 11.8. The number of benzene rings is 2. The van der Waals surface area contributed by atoms with Gasteiger partial charge in [0.15, 0.2) is 0 Å². The summed E-state index contributed by atoms with van der Waals surface area (Å²) in [6.07, 6.45) is 3.32. The number of rotatable bonds is 4. The topological polar surface area (TPSA) is 29.5 Å². The molecule has 0 spiro atoms. The summed E-state index contributed by atoms with van der Waals surface area (Å²) in [5.41, 5.74) is 1.15. The molecule has 3 nitrogen and oxygen atoms in total. The lowest BCUT2D eigenvalue weighted by Crippen LogP contribution is -2.38. The fourth-order valence-corrected chi connectivity index (χ4v) is 4.47. The third kappa shape index (κ3) is 3.16. The van der Waals surface area contributed by atoms with Gasteiger partial charge in [-0.15, -0.1) is 11.8 Å². The molecule has 4 heteroatoms. The molecule has 0 radical (unpaired) electrons. The van der Waals surface area contributed by atoms with Crippen LogP contribution in [-0.4, -0.2) is 23.1 Å². The summed E-state index contributed by atoms with van der Waals surface area (Å²) in [5.74, 6) is 3.26. The van der Waals surface area contributed by atoms with E-state index in [0.717, 1.165) is 42.2 Å². The van der Waals surface area contributed by atoms with Crippen LogP contribution in [0.1, 0.15) is 30.2 Å². The summed E-state index contributed by atoms with van der Waals surface area (Å²) in [7, 11) is 0. The molecule has 1 atom stereocenters. The zero-order valence-corrected chi connectivity index (χ0v) is 14.4. The number of carbonyl (C=O) groups is 1. The quantitative estimate of drug-likeness (QED) is 0.797. The van der Waals surface area contributed by atoms with Crippen LogP contribution in [0.3, 0.4) is 0 Å². The summed E-state index contributed by atoms with van der Waals surface area (Å²) in [6, 6.07) is 17.9. The van der Waals surface area contributed by atoms with Crippen LogP contribution in [0.15, 0.2) is 54.6 Å². The maximum atomic E-state index is 12.7. The Kier molecular flexibility index (Phi) is 4.48. The lowest BCUT2D eigenvalue weighted by molar-refractivity contribution is -0.138. The second-order valence-corrected chi connectivity index (χ2v) is 7.56. The van der Waals surface area contributed by atoms with Gasteiger partial charge in [-0.3, -0.25) is 4.79 Å². The van der Waals surface area contributed by atoms with Gasteiger partial charge in [-0.1, -0.05) is 36.8 Å². The van der Waals surface area contributed by atoms with E-state index in [9.17, 15) is 4.79 Å². The van der Waals surface area contributed by atoms with Crippen molar-refractivity contribution in [3.8, 4) is 11.5 Å². The van der Waals surface area contributed by atoms with Crippen molar-refractivity contribution >= 4 is 17.7 Å². The average molecular weight is 339 g/mol. The normalized spacial score (nSPS) is 20.7. The van der Waals surface area contributed by atoms with Crippen molar-refractivity contribution in [3.63, 3.8) is 0 Å². The fourth-order valence-electron chi connectivity index (χ4n) is 3.22. The van der Waals surface area contributed by atoms with E-state index in [2.05, 4.69) is 17.0 Å². The summed E-state index contributed by atoms with van der Waals surface area (Å²) in [5, 5.41) is 0.123. The molecule has 2 aromatic carbocycles. The van der Waals surface area contributed by atoms with Crippen molar-refractivity contribution in [2.75, 3.05) is 12.3 Å². The molecule has 4 rings (SSSR count). The van der Waals surface area contributed by atoms with Crippen molar-refractivity contribution in [2.45, 2.75) is 24.6 Å². The van der Waals surface area contributed by atoms with E-state index >= 15 is 0 Å². The van der Waals surface area contributed by atoms with E-state index < -0.39 is 0 Å². The second kappa shape index (κ2) is 6.89. The van der Waals surface area contributed by atoms with Crippen LogP contribution in [0.2, 0.25) is 0 Å². The predicted octanol–water partition coefficient (Wildman–Crippen LogP) is 4.85. The third-order valence-electron chi connectivity index (χ3n) is 4.75. The maximum absolute atomic E-state index is 12.7. The molecule has 124 valence electrons. The smallest absolute Gasteiger partial charge is 0.226 e. The Hall–Kier alpha value is -1.94. The zero-order valence-electron chi connectivity index (χ0n) is 13.6. The summed E-state index contributed by atoms with van der Waals surface area (Å²) in [4.78, 5) is 14.7. The lowest BCUT2D eigenvalue weighted by Gasteiger charge is -2.32. The fraction of sp³-hybridized carbons (Fsp3) is 0.350. The van der Waals surface area contributed by atoms with Crippen molar-refractivity contribution in [3.05, 3.63) is 60.2 Å². The van der Waals surface area contributed by atoms with Crippen LogP contribution >= 0.6 is 11.8 Å². The minimum absolute atomic E-state index is 0.123. The molecular weight excluding hydrogens is 318 g/mol. The molecule has 1 amide bonds. The number of thioether (sulfide) groups is 1. The van der Waals surface area contributed by atoms with Gasteiger partial charge in [-0.05, 0) is 42.7 Å². The first-order valence-electron chi connectivity index (χ1n) is 8.56. The Morgan fingerprint density at radius 2 is 1.83 bits per heavy atom. The van der Waals surface area contributed by atoms with Gasteiger partial charge in [0, 0.05) is 18.2 Å². The van der Waals surface area contributed by atoms with E-state index in [-0.39, 0.29) is 11.3 Å². The minimum Gasteiger partial charge on any atom is -0.457 e. The van der Waals surface area contributed by atoms with Crippen LogP contribution in [0.5, 0.6) is 11.5 Å².